The van der Waals surface area contributed by atoms with Crippen LogP contribution in [0.4, 0.5) is 13.2 Å². The average molecular weight is 241 g/mol. The van der Waals surface area contributed by atoms with Crippen LogP contribution in [0, 0.1) is 0 Å². The Hall–Kier alpha value is -1.56. The van der Waals surface area contributed by atoms with Crippen LogP contribution in [0.3, 0.4) is 0 Å². The van der Waals surface area contributed by atoms with E-state index in [1.165, 1.54) is 6.07 Å². The van der Waals surface area contributed by atoms with E-state index < -0.39 is 11.9 Å². The van der Waals surface area contributed by atoms with Crippen molar-refractivity contribution in [2.75, 3.05) is 0 Å². The minimum atomic E-state index is -4.41. The zero-order chi connectivity index (χ0) is 12.3. The van der Waals surface area contributed by atoms with Crippen molar-refractivity contribution in [1.82, 2.24) is 10.2 Å². The molecule has 0 unspecified atom stereocenters. The minimum absolute atomic E-state index is 0.0884. The molecule has 1 aliphatic rings. The number of fused-ring (bicyclic) bond motifs is 1. The molecule has 0 aliphatic heterocycles. The normalized spacial score (nSPS) is 18.6. The number of nitrogens with one attached hydrogen (secondary N) is 1. The predicted octanol–water partition coefficient (Wildman–Crippen LogP) is 2.53. The number of hydrogen-bond donors (Lipinski definition) is 2. The van der Waals surface area contributed by atoms with Gasteiger partial charge in [-0.2, -0.15) is 18.3 Å². The molecule has 90 valence electrons. The van der Waals surface area contributed by atoms with Gasteiger partial charge in [0.05, 0.1) is 5.52 Å². The second-order valence-corrected chi connectivity index (χ2v) is 4.48. The standard InChI is InChI=1S/C11H10F3N3/c12-11(13,14)9-7-2-1-6(10(15)3-4-10)5-8(7)16-17-9/h1-2,5H,3-4,15H2,(H,16,17). The van der Waals surface area contributed by atoms with Crippen LogP contribution in [-0.2, 0) is 11.7 Å². The summed E-state index contributed by atoms with van der Waals surface area (Å²) in [6.07, 6.45) is -2.67. The number of nitrogens with zero attached hydrogens (tertiary/aromatic N) is 1. The van der Waals surface area contributed by atoms with Gasteiger partial charge in [0.2, 0.25) is 0 Å². The Morgan fingerprint density at radius 1 is 1.29 bits per heavy atom. The van der Waals surface area contributed by atoms with E-state index in [2.05, 4.69) is 5.10 Å². The lowest BCUT2D eigenvalue weighted by Gasteiger charge is -2.08. The highest BCUT2D eigenvalue weighted by Gasteiger charge is 2.41. The lowest BCUT2D eigenvalue weighted by Crippen LogP contribution is -2.18. The molecule has 3 nitrogen and oxygen atoms in total. The molecule has 1 aromatic carbocycles. The Balaban J connectivity index is 2.14. The zero-order valence-corrected chi connectivity index (χ0v) is 8.80. The van der Waals surface area contributed by atoms with Crippen LogP contribution < -0.4 is 5.73 Å². The third-order valence-corrected chi connectivity index (χ3v) is 3.20. The summed E-state index contributed by atoms with van der Waals surface area (Å²) >= 11 is 0. The Morgan fingerprint density at radius 2 is 2.00 bits per heavy atom. The molecule has 1 aliphatic carbocycles. The molecule has 2 aromatic rings. The summed E-state index contributed by atoms with van der Waals surface area (Å²) in [6, 6.07) is 4.72. The molecule has 3 rings (SSSR count). The summed E-state index contributed by atoms with van der Waals surface area (Å²) in [5.41, 5.74) is 5.99. The molecule has 0 atom stereocenters. The van der Waals surface area contributed by atoms with Crippen molar-refractivity contribution in [2.45, 2.75) is 24.6 Å². The fourth-order valence-electron chi connectivity index (χ4n) is 1.96. The fraction of sp³-hybridized carbons (Fsp3) is 0.364. The summed E-state index contributed by atoms with van der Waals surface area (Å²) in [7, 11) is 0. The van der Waals surface area contributed by atoms with Crippen LogP contribution >= 0.6 is 0 Å². The molecule has 1 heterocycles. The van der Waals surface area contributed by atoms with Gasteiger partial charge in [0.15, 0.2) is 0 Å². The van der Waals surface area contributed by atoms with Gasteiger partial charge in [-0.25, -0.2) is 0 Å². The molecule has 0 saturated heterocycles. The fourth-order valence-corrected chi connectivity index (χ4v) is 1.96. The number of rotatable bonds is 1. The van der Waals surface area contributed by atoms with E-state index in [9.17, 15) is 13.2 Å². The first-order chi connectivity index (χ1) is 7.90. The maximum Gasteiger partial charge on any atom is 0.433 e. The molecule has 0 amide bonds. The Kier molecular flexibility index (Phi) is 1.87. The van der Waals surface area contributed by atoms with Gasteiger partial charge in [-0.05, 0) is 24.5 Å². The Bertz CT molecular complexity index is 581. The lowest BCUT2D eigenvalue weighted by atomic mass is 10.0. The number of aromatic nitrogens is 2. The number of nitrogens with two attached hydrogens (primary N) is 1. The summed E-state index contributed by atoms with van der Waals surface area (Å²) < 4.78 is 37.8. The van der Waals surface area contributed by atoms with E-state index in [1.807, 2.05) is 5.10 Å². The van der Waals surface area contributed by atoms with Gasteiger partial charge < -0.3 is 5.73 Å². The first-order valence-corrected chi connectivity index (χ1v) is 5.25. The van der Waals surface area contributed by atoms with Crippen LogP contribution in [0.25, 0.3) is 10.9 Å². The first-order valence-electron chi connectivity index (χ1n) is 5.25. The minimum Gasteiger partial charge on any atom is -0.321 e. The SMILES string of the molecule is NC1(c2ccc3c(C(F)(F)F)[nH]nc3c2)CC1. The maximum atomic E-state index is 12.6. The molecule has 1 aromatic heterocycles. The van der Waals surface area contributed by atoms with Crippen LogP contribution in [0.15, 0.2) is 18.2 Å². The van der Waals surface area contributed by atoms with Crippen molar-refractivity contribution >= 4 is 10.9 Å². The van der Waals surface area contributed by atoms with Crippen molar-refractivity contribution in [1.29, 1.82) is 0 Å². The van der Waals surface area contributed by atoms with E-state index in [4.69, 9.17) is 5.73 Å². The Labute approximate surface area is 94.8 Å². The summed E-state index contributed by atoms with van der Waals surface area (Å²) in [5, 5.41) is 5.81. The second-order valence-electron chi connectivity index (χ2n) is 4.48. The second kappa shape index (κ2) is 3.01. The third-order valence-electron chi connectivity index (χ3n) is 3.20. The molecule has 1 fully saturated rings. The van der Waals surface area contributed by atoms with Gasteiger partial charge in [0.1, 0.15) is 5.69 Å². The van der Waals surface area contributed by atoms with Gasteiger partial charge in [0, 0.05) is 10.9 Å². The van der Waals surface area contributed by atoms with Gasteiger partial charge >= 0.3 is 6.18 Å². The highest BCUT2D eigenvalue weighted by molar-refractivity contribution is 5.82. The number of benzene rings is 1. The largest absolute Gasteiger partial charge is 0.433 e. The number of hydrogen-bond acceptors (Lipinski definition) is 2. The molecular weight excluding hydrogens is 231 g/mol. The molecule has 6 heteroatoms. The molecule has 0 bridgehead atoms. The Morgan fingerprint density at radius 3 is 2.59 bits per heavy atom. The molecule has 0 spiro atoms. The third kappa shape index (κ3) is 1.59. The molecule has 17 heavy (non-hydrogen) atoms. The van der Waals surface area contributed by atoms with E-state index in [1.54, 1.807) is 12.1 Å². The maximum absolute atomic E-state index is 12.6. The monoisotopic (exact) mass is 241 g/mol. The number of H-pyrrole nitrogens is 1. The number of aromatic amines is 1. The average Bonchev–Trinajstić information content (AvgIpc) is 2.85. The molecule has 1 saturated carbocycles. The number of alkyl halides is 3. The molecule has 0 radical (unpaired) electrons. The van der Waals surface area contributed by atoms with Crippen molar-refractivity contribution in [2.24, 2.45) is 5.73 Å². The van der Waals surface area contributed by atoms with Gasteiger partial charge in [0.25, 0.3) is 0 Å². The van der Waals surface area contributed by atoms with E-state index in [0.717, 1.165) is 18.4 Å². The zero-order valence-electron chi connectivity index (χ0n) is 8.80. The van der Waals surface area contributed by atoms with Gasteiger partial charge in [-0.15, -0.1) is 0 Å². The quantitative estimate of drug-likeness (QED) is 0.806. The van der Waals surface area contributed by atoms with Crippen LogP contribution in [0.1, 0.15) is 24.1 Å². The summed E-state index contributed by atoms with van der Waals surface area (Å²) in [5.74, 6) is 0. The lowest BCUT2D eigenvalue weighted by molar-refractivity contribution is -0.139. The van der Waals surface area contributed by atoms with E-state index in [0.29, 0.717) is 5.52 Å². The topological polar surface area (TPSA) is 54.7 Å². The highest BCUT2D eigenvalue weighted by atomic mass is 19.4. The summed E-state index contributed by atoms with van der Waals surface area (Å²) in [4.78, 5) is 0. The van der Waals surface area contributed by atoms with Crippen molar-refractivity contribution in [3.63, 3.8) is 0 Å². The van der Waals surface area contributed by atoms with Gasteiger partial charge in [-0.1, -0.05) is 12.1 Å². The van der Waals surface area contributed by atoms with Crippen molar-refractivity contribution in [3.05, 3.63) is 29.5 Å². The summed E-state index contributed by atoms with van der Waals surface area (Å²) in [6.45, 7) is 0. The smallest absolute Gasteiger partial charge is 0.321 e. The van der Waals surface area contributed by atoms with E-state index >= 15 is 0 Å². The first kappa shape index (κ1) is 10.6. The van der Waals surface area contributed by atoms with Crippen LogP contribution in [0.2, 0.25) is 0 Å². The van der Waals surface area contributed by atoms with Crippen molar-refractivity contribution < 1.29 is 13.2 Å². The van der Waals surface area contributed by atoms with Crippen LogP contribution in [0.5, 0.6) is 0 Å². The molecular formula is C11H10F3N3. The van der Waals surface area contributed by atoms with Crippen molar-refractivity contribution in [3.8, 4) is 0 Å². The van der Waals surface area contributed by atoms with Crippen LogP contribution in [-0.4, -0.2) is 10.2 Å². The molecule has 3 N–H and O–H groups in total. The predicted molar refractivity (Wildman–Crippen MR) is 56.2 cm³/mol. The van der Waals surface area contributed by atoms with E-state index in [-0.39, 0.29) is 10.9 Å². The highest BCUT2D eigenvalue weighted by Crippen LogP contribution is 2.43. The van der Waals surface area contributed by atoms with Gasteiger partial charge in [-0.3, -0.25) is 5.10 Å². The number of halogens is 3.